The van der Waals surface area contributed by atoms with Crippen LogP contribution in [-0.2, 0) is 38.2 Å². The van der Waals surface area contributed by atoms with Crippen molar-refractivity contribution in [2.24, 2.45) is 47.0 Å². The van der Waals surface area contributed by atoms with Crippen LogP contribution in [0, 0.1) is 35.5 Å². The molecule has 17 heteroatoms. The summed E-state index contributed by atoms with van der Waals surface area (Å²) in [5.41, 5.74) is 10.7. The van der Waals surface area contributed by atoms with E-state index >= 15 is 0 Å². The minimum Gasteiger partial charge on any atom is -0.444 e. The van der Waals surface area contributed by atoms with Crippen LogP contribution >= 0.6 is 0 Å². The Bertz CT molecular complexity index is 1490. The molecule has 0 aromatic heterocycles. The highest BCUT2D eigenvalue weighted by Gasteiger charge is 2.40. The third-order valence-corrected chi connectivity index (χ3v) is 13.6. The van der Waals surface area contributed by atoms with E-state index in [9.17, 15) is 28.8 Å². The number of nitrogens with one attached hydrogen (secondary N) is 5. The molecule has 6 amide bonds. The molecular weight excluding hydrogens is 845 g/mol. The van der Waals surface area contributed by atoms with Crippen LogP contribution in [0.4, 0.5) is 4.79 Å². The van der Waals surface area contributed by atoms with Crippen molar-refractivity contribution < 1.29 is 43.0 Å². The lowest BCUT2D eigenvalue weighted by Crippen LogP contribution is -2.60. The number of hydrogen-bond donors (Lipinski definition) is 7. The van der Waals surface area contributed by atoms with Crippen molar-refractivity contribution in [3.8, 4) is 0 Å². The number of hydrogen-bond acceptors (Lipinski definition) is 11. The summed E-state index contributed by atoms with van der Waals surface area (Å²) < 4.78 is 17.7. The van der Waals surface area contributed by atoms with Crippen LogP contribution < -0.4 is 38.1 Å². The number of alkyl carbamates (subject to hydrolysis) is 1. The van der Waals surface area contributed by atoms with E-state index in [1.807, 2.05) is 48.5 Å². The van der Waals surface area contributed by atoms with Gasteiger partial charge in [-0.05, 0) is 122 Å². The predicted molar refractivity (Wildman–Crippen MR) is 256 cm³/mol. The van der Waals surface area contributed by atoms with Crippen molar-refractivity contribution in [1.29, 1.82) is 0 Å². The first-order chi connectivity index (χ1) is 31.3. The first-order valence-corrected chi connectivity index (χ1v) is 25.4. The molecule has 0 unspecified atom stereocenters. The second-order valence-corrected chi connectivity index (χ2v) is 20.7. The Labute approximate surface area is 396 Å². The molecule has 0 heterocycles. The maximum absolute atomic E-state index is 14.5. The summed E-state index contributed by atoms with van der Waals surface area (Å²) in [5, 5.41) is 14.9. The first-order valence-electron chi connectivity index (χ1n) is 25.4. The molecule has 0 radical (unpaired) electrons. The lowest BCUT2D eigenvalue weighted by Gasteiger charge is -2.36. The number of carbonyl (C=O) groups is 6. The molecule has 3 aliphatic carbocycles. The maximum atomic E-state index is 14.5. The summed E-state index contributed by atoms with van der Waals surface area (Å²) in [6, 6.07) is -3.13. The Balaban J connectivity index is 1.57. The van der Waals surface area contributed by atoms with E-state index < -0.39 is 59.6 Å². The van der Waals surface area contributed by atoms with Crippen LogP contribution in [-0.4, -0.2) is 129 Å². The molecular formula is C49H90N8O9. The van der Waals surface area contributed by atoms with E-state index in [1.165, 1.54) is 24.2 Å². The molecule has 380 valence electrons. The molecule has 17 nitrogen and oxygen atoms in total. The fourth-order valence-corrected chi connectivity index (χ4v) is 9.96. The quantitative estimate of drug-likeness (QED) is 0.0412. The molecule has 0 saturated heterocycles. The van der Waals surface area contributed by atoms with E-state index in [1.54, 1.807) is 7.05 Å². The van der Waals surface area contributed by atoms with Gasteiger partial charge in [0.1, 0.15) is 23.7 Å². The maximum Gasteiger partial charge on any atom is 0.407 e. The highest BCUT2D eigenvalue weighted by atomic mass is 16.6. The second kappa shape index (κ2) is 29.4. The van der Waals surface area contributed by atoms with E-state index in [4.69, 9.17) is 25.7 Å². The topological polar surface area (TPSA) is 246 Å². The van der Waals surface area contributed by atoms with Crippen molar-refractivity contribution in [2.75, 3.05) is 53.0 Å². The van der Waals surface area contributed by atoms with Crippen molar-refractivity contribution in [1.82, 2.24) is 31.5 Å². The number of likely N-dealkylation sites (N-methyl/N-ethyl adjacent to an activating group) is 1. The van der Waals surface area contributed by atoms with Crippen molar-refractivity contribution in [2.45, 2.75) is 187 Å². The van der Waals surface area contributed by atoms with Gasteiger partial charge in [0.05, 0.1) is 31.2 Å². The lowest BCUT2D eigenvalue weighted by atomic mass is 9.77. The van der Waals surface area contributed by atoms with Gasteiger partial charge in [-0.2, -0.15) is 0 Å². The third kappa shape index (κ3) is 20.4. The molecule has 3 fully saturated rings. The number of primary amides is 1. The van der Waals surface area contributed by atoms with Crippen LogP contribution in [0.25, 0.3) is 0 Å². The zero-order valence-corrected chi connectivity index (χ0v) is 41.9. The normalized spacial score (nSPS) is 22.0. The molecule has 9 N–H and O–H groups in total. The average molecular weight is 935 g/mol. The average Bonchev–Trinajstić information content (AvgIpc) is 3.41. The van der Waals surface area contributed by atoms with Crippen LogP contribution in [0.1, 0.15) is 151 Å². The van der Waals surface area contributed by atoms with Crippen molar-refractivity contribution in [3.05, 3.63) is 0 Å². The number of fused-ring (bicyclic) bond motifs is 2. The highest BCUT2D eigenvalue weighted by molar-refractivity contribution is 5.94. The number of nitrogens with two attached hydrogens (primary N) is 2. The Morgan fingerprint density at radius 1 is 0.788 bits per heavy atom. The molecule has 3 aliphatic rings. The lowest BCUT2D eigenvalue weighted by molar-refractivity contribution is -0.147. The second-order valence-electron chi connectivity index (χ2n) is 20.7. The number of carbonyl (C=O) groups excluding carboxylic acids is 6. The van der Waals surface area contributed by atoms with E-state index in [0.29, 0.717) is 50.2 Å². The third-order valence-electron chi connectivity index (χ3n) is 13.6. The molecule has 2 bridgehead atoms. The van der Waals surface area contributed by atoms with Crippen LogP contribution in [0.5, 0.6) is 0 Å². The van der Waals surface area contributed by atoms with Gasteiger partial charge in [0, 0.05) is 32.8 Å². The summed E-state index contributed by atoms with van der Waals surface area (Å²) >= 11 is 0. The summed E-state index contributed by atoms with van der Waals surface area (Å²) in [5.74, 6) is -1.26. The molecule has 0 aliphatic heterocycles. The van der Waals surface area contributed by atoms with Gasteiger partial charge >= 0.3 is 6.09 Å². The highest BCUT2D eigenvalue weighted by Crippen LogP contribution is 2.46. The fraction of sp³-hybridized carbons (Fsp3) is 0.878. The number of nitrogens with zero attached hydrogens (tertiary/aromatic N) is 1. The molecule has 0 spiro atoms. The summed E-state index contributed by atoms with van der Waals surface area (Å²) in [6.07, 6.45) is 13.9. The van der Waals surface area contributed by atoms with Gasteiger partial charge in [0.25, 0.3) is 0 Å². The number of ether oxygens (including phenoxy) is 3. The first kappa shape index (κ1) is 56.8. The smallest absolute Gasteiger partial charge is 0.407 e. The fourth-order valence-electron chi connectivity index (χ4n) is 9.96. The van der Waals surface area contributed by atoms with E-state index in [-0.39, 0.29) is 49.5 Å². The van der Waals surface area contributed by atoms with Gasteiger partial charge in [-0.1, -0.05) is 65.7 Å². The van der Waals surface area contributed by atoms with Gasteiger partial charge < -0.3 is 57.2 Å². The van der Waals surface area contributed by atoms with Gasteiger partial charge in [0.15, 0.2) is 0 Å². The minimum atomic E-state index is -1.06. The summed E-state index contributed by atoms with van der Waals surface area (Å²) in [6.45, 7) is 15.9. The van der Waals surface area contributed by atoms with E-state index in [2.05, 4.69) is 26.6 Å². The van der Waals surface area contributed by atoms with Gasteiger partial charge in [-0.3, -0.25) is 24.0 Å². The number of rotatable bonds is 29. The molecule has 3 saturated carbocycles. The largest absolute Gasteiger partial charge is 0.444 e. The van der Waals surface area contributed by atoms with Crippen LogP contribution in [0.15, 0.2) is 0 Å². The zero-order valence-electron chi connectivity index (χ0n) is 41.9. The summed E-state index contributed by atoms with van der Waals surface area (Å²) in [7, 11) is 1.66. The molecule has 66 heavy (non-hydrogen) atoms. The summed E-state index contributed by atoms with van der Waals surface area (Å²) in [4.78, 5) is 81.0. The van der Waals surface area contributed by atoms with Gasteiger partial charge in [-0.25, -0.2) is 4.79 Å². The Morgan fingerprint density at radius 2 is 1.44 bits per heavy atom. The zero-order chi connectivity index (χ0) is 48.8. The molecule has 10 atom stereocenters. The SMILES string of the molecule is CCC[C@@H](C(=O)N[C@H](C(=O)N[C@@H](CN)C(N)=O)C1CCCCCC1)N(C)C(=O)[C@H](C)[C@@H](C[C@@H]1C[C@@H]2CC[C@@H](C2)C1)OC[C@@H](C)NC(=O)[C@@H](C)COCCCNCCCNC(=O)OC(C)(C)C. The van der Waals surface area contributed by atoms with Crippen molar-refractivity contribution in [3.63, 3.8) is 0 Å². The minimum absolute atomic E-state index is 0.136. The van der Waals surface area contributed by atoms with E-state index in [0.717, 1.165) is 77.3 Å². The Morgan fingerprint density at radius 3 is 2.05 bits per heavy atom. The monoisotopic (exact) mass is 935 g/mol. The van der Waals surface area contributed by atoms with Crippen LogP contribution in [0.2, 0.25) is 0 Å². The number of amides is 6. The Kier molecular flexibility index (Phi) is 25.3. The van der Waals surface area contributed by atoms with Gasteiger partial charge in [0.2, 0.25) is 29.5 Å². The standard InChI is InChI=1S/C49H90N8O9/c1-9-16-40(45(60)56-42(38-17-12-10-11-13-18-38)46(61)55-39(29-50)43(51)58)57(8)47(62)34(4)41(28-37-26-35-19-20-36(25-35)27-37)65-31-33(3)54-44(59)32(2)30-64-24-15-22-52-21-14-23-53-48(63)66-49(5,6)7/h32-42,52H,9-31,50H2,1-8H3,(H2,51,58)(H,53,63)(H,54,59)(H,55,61)(H,56,60)/t32-,33+,34+,35-,36+,37-,39-,40-,41+,42-/m0/s1. The van der Waals surface area contributed by atoms with Crippen LogP contribution in [0.3, 0.4) is 0 Å². The Hall–Kier alpha value is -3.54. The van der Waals surface area contributed by atoms with Crippen molar-refractivity contribution >= 4 is 35.6 Å². The molecule has 0 aromatic carbocycles. The van der Waals surface area contributed by atoms with Gasteiger partial charge in [-0.15, -0.1) is 0 Å². The predicted octanol–water partition coefficient (Wildman–Crippen LogP) is 4.29. The molecule has 3 rings (SSSR count). The molecule has 0 aromatic rings.